The van der Waals surface area contributed by atoms with Crippen molar-refractivity contribution in [2.24, 2.45) is 0 Å². The molecule has 134 valence electrons. The molecule has 2 aromatic rings. The molecule has 2 rings (SSSR count). The minimum Gasteiger partial charge on any atom is -0.323 e. The Morgan fingerprint density at radius 3 is 2.48 bits per heavy atom. The van der Waals surface area contributed by atoms with E-state index in [-0.39, 0.29) is 16.5 Å². The van der Waals surface area contributed by atoms with Crippen LogP contribution in [-0.4, -0.2) is 43.0 Å². The van der Waals surface area contributed by atoms with Gasteiger partial charge in [-0.3, -0.25) is 4.79 Å². The first-order chi connectivity index (χ1) is 11.7. The van der Waals surface area contributed by atoms with E-state index in [4.69, 9.17) is 0 Å². The van der Waals surface area contributed by atoms with Crippen molar-refractivity contribution in [3.05, 3.63) is 48.4 Å². The Bertz CT molecular complexity index is 855. The highest BCUT2D eigenvalue weighted by atomic mass is 32.2. The number of thioether (sulfide) groups is 1. The average molecular weight is 383 g/mol. The Hall–Kier alpha value is -1.97. The lowest BCUT2D eigenvalue weighted by Gasteiger charge is -2.13. The third-order valence-electron chi connectivity index (χ3n) is 3.29. The van der Waals surface area contributed by atoms with Crippen LogP contribution in [0.25, 0.3) is 0 Å². The molecule has 1 heterocycles. The molecule has 0 aliphatic rings. The number of hydrogen-bond acceptors (Lipinski definition) is 5. The van der Waals surface area contributed by atoms with Gasteiger partial charge in [0.2, 0.25) is 15.9 Å². The van der Waals surface area contributed by atoms with E-state index in [0.29, 0.717) is 5.03 Å². The predicted molar refractivity (Wildman–Crippen MR) is 95.5 cm³/mol. The third-order valence-corrected chi connectivity index (χ3v) is 6.14. The van der Waals surface area contributed by atoms with E-state index in [1.807, 2.05) is 0 Å². The van der Waals surface area contributed by atoms with Crippen molar-refractivity contribution >= 4 is 33.4 Å². The molecule has 0 unspecified atom stereocenters. The maximum atomic E-state index is 13.6. The lowest BCUT2D eigenvalue weighted by molar-refractivity contribution is -0.115. The molecule has 0 radical (unpaired) electrons. The summed E-state index contributed by atoms with van der Waals surface area (Å²) in [6, 6.07) is 8.88. The standard InChI is InChI=1S/C16H18FN3O3S2/c1-11(16(21)19-14-7-5-4-6-13(14)17)24-15-9-8-12(10-18-15)25(22,23)20(2)3/h4-11H,1-3H3,(H,19,21)/t11-/m1/s1. The van der Waals surface area contributed by atoms with Gasteiger partial charge in [0.15, 0.2) is 0 Å². The van der Waals surface area contributed by atoms with Gasteiger partial charge >= 0.3 is 0 Å². The Morgan fingerprint density at radius 2 is 1.92 bits per heavy atom. The predicted octanol–water partition coefficient (Wildman–Crippen LogP) is 2.59. The zero-order chi connectivity index (χ0) is 18.6. The number of hydrogen-bond donors (Lipinski definition) is 1. The number of para-hydroxylation sites is 1. The number of aromatic nitrogens is 1. The number of pyridine rings is 1. The fourth-order valence-electron chi connectivity index (χ4n) is 1.83. The number of anilines is 1. The van der Waals surface area contributed by atoms with Crippen LogP contribution >= 0.6 is 11.8 Å². The smallest absolute Gasteiger partial charge is 0.244 e. The van der Waals surface area contributed by atoms with Crippen LogP contribution in [0, 0.1) is 5.82 Å². The zero-order valence-electron chi connectivity index (χ0n) is 13.9. The first-order valence-electron chi connectivity index (χ1n) is 7.32. The summed E-state index contributed by atoms with van der Waals surface area (Å²) in [5, 5.41) is 2.47. The van der Waals surface area contributed by atoms with Crippen LogP contribution in [0.15, 0.2) is 52.5 Å². The molecule has 25 heavy (non-hydrogen) atoms. The summed E-state index contributed by atoms with van der Waals surface area (Å²) in [7, 11) is -0.668. The quantitative estimate of drug-likeness (QED) is 0.776. The summed E-state index contributed by atoms with van der Waals surface area (Å²) in [6.45, 7) is 1.66. The van der Waals surface area contributed by atoms with Gasteiger partial charge in [-0.05, 0) is 31.2 Å². The van der Waals surface area contributed by atoms with Crippen molar-refractivity contribution in [2.75, 3.05) is 19.4 Å². The average Bonchev–Trinajstić information content (AvgIpc) is 2.57. The maximum absolute atomic E-state index is 13.6. The normalized spacial score (nSPS) is 12.8. The van der Waals surface area contributed by atoms with Crippen LogP contribution in [0.4, 0.5) is 10.1 Å². The monoisotopic (exact) mass is 383 g/mol. The van der Waals surface area contributed by atoms with Gasteiger partial charge in [0.1, 0.15) is 10.7 Å². The van der Waals surface area contributed by atoms with Crippen LogP contribution in [0.5, 0.6) is 0 Å². The van der Waals surface area contributed by atoms with Gasteiger partial charge in [-0.2, -0.15) is 0 Å². The minimum atomic E-state index is -3.54. The van der Waals surface area contributed by atoms with E-state index in [1.165, 1.54) is 50.6 Å². The fourth-order valence-corrected chi connectivity index (χ4v) is 3.47. The summed E-state index contributed by atoms with van der Waals surface area (Å²) < 4.78 is 38.6. The lowest BCUT2D eigenvalue weighted by Crippen LogP contribution is -2.23. The number of sulfonamides is 1. The maximum Gasteiger partial charge on any atom is 0.244 e. The molecule has 1 aromatic carbocycles. The van der Waals surface area contributed by atoms with Gasteiger partial charge in [0, 0.05) is 20.3 Å². The zero-order valence-corrected chi connectivity index (χ0v) is 15.6. The van der Waals surface area contributed by atoms with Crippen molar-refractivity contribution in [3.63, 3.8) is 0 Å². The molecule has 0 saturated heterocycles. The van der Waals surface area contributed by atoms with Crippen molar-refractivity contribution < 1.29 is 17.6 Å². The molecule has 1 atom stereocenters. The van der Waals surface area contributed by atoms with E-state index in [9.17, 15) is 17.6 Å². The highest BCUT2D eigenvalue weighted by molar-refractivity contribution is 8.00. The summed E-state index contributed by atoms with van der Waals surface area (Å²) >= 11 is 1.15. The van der Waals surface area contributed by atoms with Gasteiger partial charge in [-0.25, -0.2) is 22.1 Å². The summed E-state index contributed by atoms with van der Waals surface area (Å²) in [6.07, 6.45) is 1.25. The lowest BCUT2D eigenvalue weighted by atomic mass is 10.3. The van der Waals surface area contributed by atoms with Gasteiger partial charge in [-0.1, -0.05) is 23.9 Å². The number of benzene rings is 1. The number of nitrogens with zero attached hydrogens (tertiary/aromatic N) is 2. The van der Waals surface area contributed by atoms with Crippen molar-refractivity contribution in [3.8, 4) is 0 Å². The third kappa shape index (κ3) is 4.77. The van der Waals surface area contributed by atoms with Crippen LogP contribution in [0.1, 0.15) is 6.92 Å². The molecular formula is C16H18FN3O3S2. The summed E-state index contributed by atoms with van der Waals surface area (Å²) in [5.74, 6) is -0.883. The number of halogens is 1. The molecule has 0 spiro atoms. The molecule has 0 bridgehead atoms. The topological polar surface area (TPSA) is 79.4 Å². The van der Waals surface area contributed by atoms with Gasteiger partial charge in [-0.15, -0.1) is 0 Å². The molecule has 1 amide bonds. The molecule has 9 heteroatoms. The molecule has 0 aliphatic carbocycles. The van der Waals surface area contributed by atoms with Crippen molar-refractivity contribution in [2.45, 2.75) is 22.1 Å². The van der Waals surface area contributed by atoms with E-state index >= 15 is 0 Å². The Balaban J connectivity index is 2.04. The molecule has 6 nitrogen and oxygen atoms in total. The van der Waals surface area contributed by atoms with Crippen LogP contribution < -0.4 is 5.32 Å². The van der Waals surface area contributed by atoms with Gasteiger partial charge in [0.25, 0.3) is 0 Å². The van der Waals surface area contributed by atoms with Crippen molar-refractivity contribution in [1.82, 2.24) is 9.29 Å². The van der Waals surface area contributed by atoms with Crippen LogP contribution in [0.3, 0.4) is 0 Å². The first kappa shape index (κ1) is 19.4. The number of amides is 1. The summed E-state index contributed by atoms with van der Waals surface area (Å²) in [5.41, 5.74) is 0.111. The highest BCUT2D eigenvalue weighted by Crippen LogP contribution is 2.24. The highest BCUT2D eigenvalue weighted by Gasteiger charge is 2.19. The van der Waals surface area contributed by atoms with E-state index < -0.39 is 21.1 Å². The SMILES string of the molecule is C[C@@H](Sc1ccc(S(=O)(=O)N(C)C)cn1)C(=O)Nc1ccccc1F. The second-order valence-electron chi connectivity index (χ2n) is 5.35. The molecule has 0 saturated carbocycles. The van der Waals surface area contributed by atoms with Crippen molar-refractivity contribution in [1.29, 1.82) is 0 Å². The molecular weight excluding hydrogens is 365 g/mol. The second kappa shape index (κ2) is 7.94. The van der Waals surface area contributed by atoms with E-state index in [0.717, 1.165) is 16.1 Å². The largest absolute Gasteiger partial charge is 0.323 e. The number of carbonyl (C=O) groups excluding carboxylic acids is 1. The van der Waals surface area contributed by atoms with Crippen LogP contribution in [0.2, 0.25) is 0 Å². The van der Waals surface area contributed by atoms with E-state index in [2.05, 4.69) is 10.3 Å². The van der Waals surface area contributed by atoms with Gasteiger partial charge < -0.3 is 5.32 Å². The Labute approximate surface area is 150 Å². The Kier molecular flexibility index (Phi) is 6.15. The molecule has 1 aromatic heterocycles. The summed E-state index contributed by atoms with van der Waals surface area (Å²) in [4.78, 5) is 16.3. The second-order valence-corrected chi connectivity index (χ2v) is 8.86. The first-order valence-corrected chi connectivity index (χ1v) is 9.64. The minimum absolute atomic E-state index is 0.0744. The number of rotatable bonds is 6. The Morgan fingerprint density at radius 1 is 1.24 bits per heavy atom. The fraction of sp³-hybridized carbons (Fsp3) is 0.250. The molecule has 1 N–H and O–H groups in total. The molecule has 0 fully saturated rings. The van der Waals surface area contributed by atoms with E-state index in [1.54, 1.807) is 13.0 Å². The van der Waals surface area contributed by atoms with Gasteiger partial charge in [0.05, 0.1) is 16.0 Å². The number of nitrogens with one attached hydrogen (secondary N) is 1. The number of carbonyl (C=O) groups is 1. The van der Waals surface area contributed by atoms with Crippen LogP contribution in [-0.2, 0) is 14.8 Å². The molecule has 0 aliphatic heterocycles.